The summed E-state index contributed by atoms with van der Waals surface area (Å²) >= 11 is 0. The number of benzene rings is 1. The largest absolute Gasteiger partial charge is 0.369 e. The molecule has 0 fully saturated rings. The summed E-state index contributed by atoms with van der Waals surface area (Å²) in [5.74, 6) is -0.264. The predicted molar refractivity (Wildman–Crippen MR) is 73.6 cm³/mol. The Kier molecular flexibility index (Phi) is 5.03. The molecular formula is C14H20N2O3. The highest BCUT2D eigenvalue weighted by Crippen LogP contribution is 2.31. The van der Waals surface area contributed by atoms with Crippen LogP contribution in [0, 0.1) is 15.5 Å². The average Bonchev–Trinajstić information content (AvgIpc) is 2.40. The van der Waals surface area contributed by atoms with Crippen molar-refractivity contribution in [2.24, 2.45) is 11.1 Å². The number of nitro benzene ring substituents is 1. The molecule has 5 nitrogen and oxygen atoms in total. The van der Waals surface area contributed by atoms with Gasteiger partial charge in [0.2, 0.25) is 5.91 Å². The van der Waals surface area contributed by atoms with Crippen molar-refractivity contribution in [1.82, 2.24) is 0 Å². The summed E-state index contributed by atoms with van der Waals surface area (Å²) in [6.45, 7) is 3.92. The number of non-ortho nitro benzene ring substituents is 1. The van der Waals surface area contributed by atoms with Gasteiger partial charge in [0.25, 0.3) is 5.69 Å². The van der Waals surface area contributed by atoms with Crippen molar-refractivity contribution in [3.8, 4) is 0 Å². The minimum Gasteiger partial charge on any atom is -0.369 e. The molecule has 0 spiro atoms. The van der Waals surface area contributed by atoms with E-state index >= 15 is 0 Å². The van der Waals surface area contributed by atoms with Crippen LogP contribution in [0.15, 0.2) is 24.3 Å². The molecule has 0 aliphatic heterocycles. The maximum absolute atomic E-state index is 11.6. The lowest BCUT2D eigenvalue weighted by atomic mass is 9.77. The number of hydrogen-bond acceptors (Lipinski definition) is 3. The van der Waals surface area contributed by atoms with Gasteiger partial charge in [0, 0.05) is 17.5 Å². The molecule has 1 rings (SSSR count). The molecule has 0 atom stereocenters. The van der Waals surface area contributed by atoms with Crippen LogP contribution in [0.3, 0.4) is 0 Å². The second kappa shape index (κ2) is 6.31. The Morgan fingerprint density at radius 1 is 1.26 bits per heavy atom. The first kappa shape index (κ1) is 15.1. The lowest BCUT2D eigenvalue weighted by molar-refractivity contribution is -0.384. The Balaban J connectivity index is 2.75. The first-order chi connectivity index (χ1) is 8.95. The van der Waals surface area contributed by atoms with Crippen LogP contribution in [0.2, 0.25) is 0 Å². The second-order valence-corrected chi connectivity index (χ2v) is 4.78. The molecule has 0 aliphatic carbocycles. The lowest BCUT2D eigenvalue weighted by Gasteiger charge is -2.27. The smallest absolute Gasteiger partial charge is 0.269 e. The van der Waals surface area contributed by atoms with Crippen molar-refractivity contribution < 1.29 is 9.72 Å². The van der Waals surface area contributed by atoms with E-state index in [0.717, 1.165) is 5.56 Å². The third kappa shape index (κ3) is 3.53. The van der Waals surface area contributed by atoms with Gasteiger partial charge < -0.3 is 5.73 Å². The SMILES string of the molecule is CCC(CC)(CCc1ccc([N+](=O)[O-])cc1)C(N)=O. The molecule has 104 valence electrons. The van der Waals surface area contributed by atoms with E-state index in [-0.39, 0.29) is 11.6 Å². The number of carbonyl (C=O) groups is 1. The number of nitrogens with zero attached hydrogens (tertiary/aromatic N) is 1. The summed E-state index contributed by atoms with van der Waals surface area (Å²) in [5.41, 5.74) is 6.09. The topological polar surface area (TPSA) is 86.2 Å². The Labute approximate surface area is 113 Å². The Bertz CT molecular complexity index is 450. The van der Waals surface area contributed by atoms with Crippen molar-refractivity contribution in [3.05, 3.63) is 39.9 Å². The summed E-state index contributed by atoms with van der Waals surface area (Å²) in [5, 5.41) is 10.6. The van der Waals surface area contributed by atoms with Gasteiger partial charge in [-0.3, -0.25) is 14.9 Å². The molecule has 5 heteroatoms. The molecule has 2 N–H and O–H groups in total. The van der Waals surface area contributed by atoms with Crippen LogP contribution in [0.25, 0.3) is 0 Å². The molecular weight excluding hydrogens is 244 g/mol. The van der Waals surface area contributed by atoms with Crippen LogP contribution < -0.4 is 5.73 Å². The highest BCUT2D eigenvalue weighted by molar-refractivity contribution is 5.80. The first-order valence-electron chi connectivity index (χ1n) is 6.48. The van der Waals surface area contributed by atoms with Crippen molar-refractivity contribution >= 4 is 11.6 Å². The summed E-state index contributed by atoms with van der Waals surface area (Å²) in [4.78, 5) is 21.7. The third-order valence-corrected chi connectivity index (χ3v) is 3.92. The quantitative estimate of drug-likeness (QED) is 0.606. The Hall–Kier alpha value is -1.91. The fourth-order valence-electron chi connectivity index (χ4n) is 2.24. The van der Waals surface area contributed by atoms with Crippen molar-refractivity contribution in [3.63, 3.8) is 0 Å². The highest BCUT2D eigenvalue weighted by atomic mass is 16.6. The van der Waals surface area contributed by atoms with Gasteiger partial charge in [0.15, 0.2) is 0 Å². The zero-order valence-corrected chi connectivity index (χ0v) is 11.4. The van der Waals surface area contributed by atoms with Crippen LogP contribution in [0.5, 0.6) is 0 Å². The van der Waals surface area contributed by atoms with E-state index in [1.54, 1.807) is 12.1 Å². The molecule has 0 unspecified atom stereocenters. The van der Waals surface area contributed by atoms with E-state index in [0.29, 0.717) is 25.7 Å². The Morgan fingerprint density at radius 3 is 2.16 bits per heavy atom. The molecule has 1 amide bonds. The van der Waals surface area contributed by atoms with E-state index in [1.165, 1.54) is 12.1 Å². The van der Waals surface area contributed by atoms with Crippen LogP contribution >= 0.6 is 0 Å². The minimum atomic E-state index is -0.470. The van der Waals surface area contributed by atoms with Gasteiger partial charge in [-0.15, -0.1) is 0 Å². The molecule has 0 heterocycles. The van der Waals surface area contributed by atoms with Gasteiger partial charge >= 0.3 is 0 Å². The van der Waals surface area contributed by atoms with Gasteiger partial charge in [-0.05, 0) is 31.2 Å². The van der Waals surface area contributed by atoms with E-state index in [4.69, 9.17) is 5.73 Å². The second-order valence-electron chi connectivity index (χ2n) is 4.78. The maximum Gasteiger partial charge on any atom is 0.269 e. The molecule has 0 saturated heterocycles. The number of nitrogens with two attached hydrogens (primary N) is 1. The lowest BCUT2D eigenvalue weighted by Crippen LogP contribution is -2.36. The molecule has 0 aliphatic rings. The standard InChI is InChI=1S/C14H20N2O3/c1-3-14(4-2,13(15)17)10-9-11-5-7-12(8-6-11)16(18)19/h5-8H,3-4,9-10H2,1-2H3,(H2,15,17). The predicted octanol–water partition coefficient (Wildman–Crippen LogP) is 2.82. The maximum atomic E-state index is 11.6. The van der Waals surface area contributed by atoms with Crippen LogP contribution in [0.1, 0.15) is 38.7 Å². The molecule has 1 aromatic carbocycles. The number of primary amides is 1. The van der Waals surface area contributed by atoms with Crippen LogP contribution in [-0.2, 0) is 11.2 Å². The fraction of sp³-hybridized carbons (Fsp3) is 0.500. The van der Waals surface area contributed by atoms with Crippen molar-refractivity contribution in [2.75, 3.05) is 0 Å². The Morgan fingerprint density at radius 2 is 1.79 bits per heavy atom. The summed E-state index contributed by atoms with van der Waals surface area (Å²) in [7, 11) is 0. The van der Waals surface area contributed by atoms with E-state index in [2.05, 4.69) is 0 Å². The summed E-state index contributed by atoms with van der Waals surface area (Å²) in [6, 6.07) is 6.43. The minimum absolute atomic E-state index is 0.0795. The molecule has 0 radical (unpaired) electrons. The molecule has 19 heavy (non-hydrogen) atoms. The van der Waals surface area contributed by atoms with Gasteiger partial charge in [0.1, 0.15) is 0 Å². The average molecular weight is 264 g/mol. The highest BCUT2D eigenvalue weighted by Gasteiger charge is 2.32. The molecule has 0 aromatic heterocycles. The fourth-order valence-corrected chi connectivity index (χ4v) is 2.24. The summed E-state index contributed by atoms with van der Waals surface area (Å²) < 4.78 is 0. The number of carbonyl (C=O) groups excluding carboxylic acids is 1. The monoisotopic (exact) mass is 264 g/mol. The van der Waals surface area contributed by atoms with Gasteiger partial charge in [-0.25, -0.2) is 0 Å². The number of rotatable bonds is 7. The van der Waals surface area contributed by atoms with Crippen molar-refractivity contribution in [2.45, 2.75) is 39.5 Å². The van der Waals surface area contributed by atoms with Gasteiger partial charge in [-0.2, -0.15) is 0 Å². The molecule has 0 bridgehead atoms. The zero-order chi connectivity index (χ0) is 14.5. The van der Waals surface area contributed by atoms with Gasteiger partial charge in [0.05, 0.1) is 4.92 Å². The number of amides is 1. The van der Waals surface area contributed by atoms with E-state index < -0.39 is 10.3 Å². The number of nitro groups is 1. The van der Waals surface area contributed by atoms with Crippen LogP contribution in [0.4, 0.5) is 5.69 Å². The molecule has 1 aromatic rings. The molecule has 0 saturated carbocycles. The van der Waals surface area contributed by atoms with Crippen molar-refractivity contribution in [1.29, 1.82) is 0 Å². The van der Waals surface area contributed by atoms with Crippen LogP contribution in [-0.4, -0.2) is 10.8 Å². The third-order valence-electron chi connectivity index (χ3n) is 3.92. The number of hydrogen-bond donors (Lipinski definition) is 1. The normalized spacial score (nSPS) is 11.3. The first-order valence-corrected chi connectivity index (χ1v) is 6.48. The van der Waals surface area contributed by atoms with E-state index in [1.807, 2.05) is 13.8 Å². The summed E-state index contributed by atoms with van der Waals surface area (Å²) in [6.07, 6.45) is 2.80. The number of aryl methyl sites for hydroxylation is 1. The van der Waals surface area contributed by atoms with E-state index in [9.17, 15) is 14.9 Å². The van der Waals surface area contributed by atoms with Gasteiger partial charge in [-0.1, -0.05) is 26.0 Å². The zero-order valence-electron chi connectivity index (χ0n) is 11.4.